The van der Waals surface area contributed by atoms with Crippen molar-refractivity contribution in [2.24, 2.45) is 0 Å². The zero-order chi connectivity index (χ0) is 19.6. The lowest BCUT2D eigenvalue weighted by atomic mass is 10.1. The first-order valence-electron chi connectivity index (χ1n) is 8.98. The standard InChI is InChI=1S/C19H23ClN2O3S2/c1-3-6-15-13-17(26-14(15)2)19(23)21-9-11-22(12-10-21)27(24,25)18-8-5-4-7-16(18)20/h4-5,7-8,13H,3,6,9-12H2,1-2H3. The molecule has 8 heteroatoms. The van der Waals surface area contributed by atoms with Crippen molar-refractivity contribution in [3.8, 4) is 0 Å². The lowest BCUT2D eigenvalue weighted by Crippen LogP contribution is -2.50. The van der Waals surface area contributed by atoms with E-state index in [0.29, 0.717) is 13.1 Å². The van der Waals surface area contributed by atoms with Gasteiger partial charge in [0.1, 0.15) is 4.90 Å². The lowest BCUT2D eigenvalue weighted by Gasteiger charge is -2.33. The maximum atomic E-state index is 12.8. The zero-order valence-corrected chi connectivity index (χ0v) is 17.8. The Kier molecular flexibility index (Phi) is 6.25. The Hall–Kier alpha value is -1.41. The molecule has 0 bridgehead atoms. The first kappa shape index (κ1) is 20.3. The molecule has 1 aromatic heterocycles. The molecule has 1 aliphatic heterocycles. The van der Waals surface area contributed by atoms with Crippen LogP contribution in [0.25, 0.3) is 0 Å². The highest BCUT2D eigenvalue weighted by Crippen LogP contribution is 2.27. The molecular weight excluding hydrogens is 404 g/mol. The minimum absolute atomic E-state index is 0.0137. The summed E-state index contributed by atoms with van der Waals surface area (Å²) in [6.07, 6.45) is 2.02. The second-order valence-electron chi connectivity index (χ2n) is 6.57. The third kappa shape index (κ3) is 4.21. The van der Waals surface area contributed by atoms with Crippen molar-refractivity contribution in [1.82, 2.24) is 9.21 Å². The molecule has 0 atom stereocenters. The van der Waals surface area contributed by atoms with Gasteiger partial charge in [-0.05, 0) is 37.1 Å². The van der Waals surface area contributed by atoms with Gasteiger partial charge in [0.05, 0.1) is 9.90 Å². The Labute approximate surface area is 169 Å². The largest absolute Gasteiger partial charge is 0.335 e. The van der Waals surface area contributed by atoms with E-state index in [1.54, 1.807) is 23.1 Å². The van der Waals surface area contributed by atoms with E-state index in [4.69, 9.17) is 11.6 Å². The predicted octanol–water partition coefficient (Wildman–Crippen LogP) is 3.81. The summed E-state index contributed by atoms with van der Waals surface area (Å²) in [6.45, 7) is 5.46. The normalized spacial score (nSPS) is 15.9. The molecule has 1 amide bonds. The number of sulfonamides is 1. The average Bonchev–Trinajstić information content (AvgIpc) is 3.02. The van der Waals surface area contributed by atoms with E-state index in [0.717, 1.165) is 17.7 Å². The number of halogens is 1. The molecule has 1 fully saturated rings. The lowest BCUT2D eigenvalue weighted by molar-refractivity contribution is 0.0702. The molecule has 0 spiro atoms. The topological polar surface area (TPSA) is 57.7 Å². The van der Waals surface area contributed by atoms with E-state index >= 15 is 0 Å². The third-order valence-electron chi connectivity index (χ3n) is 4.73. The van der Waals surface area contributed by atoms with Crippen LogP contribution < -0.4 is 0 Å². The second kappa shape index (κ2) is 8.31. The number of thiophene rings is 1. The van der Waals surface area contributed by atoms with Gasteiger partial charge in [0.25, 0.3) is 5.91 Å². The predicted molar refractivity (Wildman–Crippen MR) is 109 cm³/mol. The van der Waals surface area contributed by atoms with Gasteiger partial charge in [0.15, 0.2) is 0 Å². The minimum atomic E-state index is -3.65. The minimum Gasteiger partial charge on any atom is -0.335 e. The Morgan fingerprint density at radius 2 is 1.85 bits per heavy atom. The van der Waals surface area contributed by atoms with Crippen LogP contribution in [0.15, 0.2) is 35.2 Å². The van der Waals surface area contributed by atoms with Gasteiger partial charge in [-0.15, -0.1) is 11.3 Å². The summed E-state index contributed by atoms with van der Waals surface area (Å²) in [5, 5.41) is 0.216. The van der Waals surface area contributed by atoms with E-state index in [-0.39, 0.29) is 28.9 Å². The van der Waals surface area contributed by atoms with E-state index in [9.17, 15) is 13.2 Å². The van der Waals surface area contributed by atoms with Crippen molar-refractivity contribution < 1.29 is 13.2 Å². The molecule has 0 saturated carbocycles. The van der Waals surface area contributed by atoms with Gasteiger partial charge in [-0.3, -0.25) is 4.79 Å². The molecule has 146 valence electrons. The molecular formula is C19H23ClN2O3S2. The highest BCUT2D eigenvalue weighted by Gasteiger charge is 2.32. The monoisotopic (exact) mass is 426 g/mol. The number of carbonyl (C=O) groups excluding carboxylic acids is 1. The summed E-state index contributed by atoms with van der Waals surface area (Å²) in [5.41, 5.74) is 1.23. The van der Waals surface area contributed by atoms with Gasteiger partial charge < -0.3 is 4.90 Å². The number of rotatable bonds is 5. The van der Waals surface area contributed by atoms with Crippen molar-refractivity contribution >= 4 is 38.9 Å². The maximum absolute atomic E-state index is 12.8. The fourth-order valence-electron chi connectivity index (χ4n) is 3.22. The number of aryl methyl sites for hydroxylation is 2. The quantitative estimate of drug-likeness (QED) is 0.730. The molecule has 0 N–H and O–H groups in total. The maximum Gasteiger partial charge on any atom is 0.264 e. The van der Waals surface area contributed by atoms with Gasteiger partial charge in [0, 0.05) is 31.1 Å². The summed E-state index contributed by atoms with van der Waals surface area (Å²) >= 11 is 7.58. The number of benzene rings is 1. The van der Waals surface area contributed by atoms with Gasteiger partial charge in [-0.1, -0.05) is 37.1 Å². The Morgan fingerprint density at radius 3 is 2.48 bits per heavy atom. The first-order valence-corrected chi connectivity index (χ1v) is 11.6. The summed E-state index contributed by atoms with van der Waals surface area (Å²) in [5.74, 6) is -0.0137. The summed E-state index contributed by atoms with van der Waals surface area (Å²) in [6, 6.07) is 8.43. The average molecular weight is 427 g/mol. The summed E-state index contributed by atoms with van der Waals surface area (Å²) < 4.78 is 27.0. The van der Waals surface area contributed by atoms with Gasteiger partial charge in [-0.2, -0.15) is 4.31 Å². The SMILES string of the molecule is CCCc1cc(C(=O)N2CCN(S(=O)(=O)c3ccccc3Cl)CC2)sc1C. The van der Waals surface area contributed by atoms with E-state index < -0.39 is 10.0 Å². The van der Waals surface area contributed by atoms with Crippen LogP contribution in [-0.2, 0) is 16.4 Å². The molecule has 27 heavy (non-hydrogen) atoms. The number of hydrogen-bond acceptors (Lipinski definition) is 4. The third-order valence-corrected chi connectivity index (χ3v) is 8.21. The molecule has 5 nitrogen and oxygen atoms in total. The molecule has 2 aromatic rings. The molecule has 0 aliphatic carbocycles. The van der Waals surface area contributed by atoms with Crippen molar-refractivity contribution in [2.45, 2.75) is 31.6 Å². The van der Waals surface area contributed by atoms with Crippen LogP contribution in [0.2, 0.25) is 5.02 Å². The second-order valence-corrected chi connectivity index (χ2v) is 10.1. The van der Waals surface area contributed by atoms with Crippen molar-refractivity contribution in [1.29, 1.82) is 0 Å². The summed E-state index contributed by atoms with van der Waals surface area (Å²) in [7, 11) is -3.65. The van der Waals surface area contributed by atoms with E-state index in [1.807, 2.05) is 13.0 Å². The zero-order valence-electron chi connectivity index (χ0n) is 15.4. The van der Waals surface area contributed by atoms with Crippen LogP contribution in [0.3, 0.4) is 0 Å². The molecule has 0 unspecified atom stereocenters. The van der Waals surface area contributed by atoms with Gasteiger partial charge in [0.2, 0.25) is 10.0 Å². The van der Waals surface area contributed by atoms with E-state index in [2.05, 4.69) is 6.92 Å². The van der Waals surface area contributed by atoms with Crippen LogP contribution >= 0.6 is 22.9 Å². The molecule has 2 heterocycles. The van der Waals surface area contributed by atoms with Crippen molar-refractivity contribution in [2.75, 3.05) is 26.2 Å². The number of carbonyl (C=O) groups is 1. The van der Waals surface area contributed by atoms with Crippen LogP contribution in [0.5, 0.6) is 0 Å². The Balaban J connectivity index is 1.69. The van der Waals surface area contributed by atoms with Crippen molar-refractivity contribution in [3.63, 3.8) is 0 Å². The number of piperazine rings is 1. The van der Waals surface area contributed by atoms with Crippen LogP contribution in [0.1, 0.15) is 33.5 Å². The molecule has 3 rings (SSSR count). The van der Waals surface area contributed by atoms with Crippen molar-refractivity contribution in [3.05, 3.63) is 50.7 Å². The van der Waals surface area contributed by atoms with Gasteiger partial charge >= 0.3 is 0 Å². The molecule has 1 saturated heterocycles. The van der Waals surface area contributed by atoms with Crippen LogP contribution in [-0.4, -0.2) is 49.7 Å². The molecule has 1 aliphatic rings. The number of amides is 1. The molecule has 0 radical (unpaired) electrons. The van der Waals surface area contributed by atoms with E-state index in [1.165, 1.54) is 32.1 Å². The van der Waals surface area contributed by atoms with Gasteiger partial charge in [-0.25, -0.2) is 8.42 Å². The Bertz CT molecular complexity index is 932. The first-order chi connectivity index (χ1) is 12.8. The molecule has 1 aromatic carbocycles. The van der Waals surface area contributed by atoms with Crippen LogP contribution in [0, 0.1) is 6.92 Å². The number of hydrogen-bond donors (Lipinski definition) is 0. The fraction of sp³-hybridized carbons (Fsp3) is 0.421. The smallest absolute Gasteiger partial charge is 0.264 e. The highest BCUT2D eigenvalue weighted by atomic mass is 35.5. The highest BCUT2D eigenvalue weighted by molar-refractivity contribution is 7.89. The summed E-state index contributed by atoms with van der Waals surface area (Å²) in [4.78, 5) is 16.6. The Morgan fingerprint density at radius 1 is 1.19 bits per heavy atom. The fourth-order valence-corrected chi connectivity index (χ4v) is 6.18. The number of nitrogens with zero attached hydrogens (tertiary/aromatic N) is 2. The van der Waals surface area contributed by atoms with Crippen LogP contribution in [0.4, 0.5) is 0 Å².